The van der Waals surface area contributed by atoms with Crippen molar-refractivity contribution in [2.75, 3.05) is 39.1 Å². The molecule has 8 heteroatoms. The van der Waals surface area contributed by atoms with Crippen LogP contribution in [0.1, 0.15) is 24.8 Å². The van der Waals surface area contributed by atoms with Gasteiger partial charge in [0.05, 0.1) is 23.5 Å². The lowest BCUT2D eigenvalue weighted by molar-refractivity contribution is -0.136. The summed E-state index contributed by atoms with van der Waals surface area (Å²) < 4.78 is 29.6. The highest BCUT2D eigenvalue weighted by molar-refractivity contribution is 7.90. The number of methoxy groups -OCH3 is 1. The molecule has 0 bridgehead atoms. The largest absolute Gasteiger partial charge is 0.384 e. The molecule has 0 aliphatic carbocycles. The molecule has 0 aromatic heterocycles. The van der Waals surface area contributed by atoms with Crippen molar-refractivity contribution >= 4 is 28.2 Å². The fourth-order valence-corrected chi connectivity index (χ4v) is 4.63. The van der Waals surface area contributed by atoms with E-state index in [0.717, 1.165) is 31.5 Å². The average Bonchev–Trinajstić information content (AvgIpc) is 2.60. The normalized spacial score (nSPS) is 16.5. The molecule has 0 radical (unpaired) electrons. The third-order valence-corrected chi connectivity index (χ3v) is 6.29. The van der Waals surface area contributed by atoms with Crippen LogP contribution in [-0.2, 0) is 25.1 Å². The highest BCUT2D eigenvalue weighted by Gasteiger charge is 2.39. The van der Waals surface area contributed by atoms with Crippen molar-refractivity contribution in [3.63, 3.8) is 0 Å². The highest BCUT2D eigenvalue weighted by atomic mass is 35.5. The zero-order valence-electron chi connectivity index (χ0n) is 15.2. The number of rotatable bonds is 9. The molecular weight excluding hydrogens is 376 g/mol. The quantitative estimate of drug-likeness (QED) is 0.610. The van der Waals surface area contributed by atoms with Gasteiger partial charge in [0.2, 0.25) is 5.91 Å². The molecule has 6 nitrogen and oxygen atoms in total. The van der Waals surface area contributed by atoms with Crippen LogP contribution in [0.3, 0.4) is 0 Å². The third kappa shape index (κ3) is 6.87. The molecule has 2 N–H and O–H groups in total. The fourth-order valence-electron chi connectivity index (χ4n) is 3.20. The summed E-state index contributed by atoms with van der Waals surface area (Å²) in [6.07, 6.45) is 1.89. The fraction of sp³-hybridized carbons (Fsp3) is 0.611. The standard InChI is InChI=1S/C18H28N2O4S.ClH/c1-24-15-18(8-11-19-12-9-18)17(21)20-10-5-13-25(22,23)14-16-6-3-2-4-7-16;/h2-4,6-7,19H,5,8-15H2,1H3,(H,20,21);1H. The van der Waals surface area contributed by atoms with Crippen molar-refractivity contribution in [1.82, 2.24) is 10.6 Å². The summed E-state index contributed by atoms with van der Waals surface area (Å²) in [7, 11) is -1.56. The van der Waals surface area contributed by atoms with Gasteiger partial charge in [-0.05, 0) is 37.9 Å². The van der Waals surface area contributed by atoms with Crippen LogP contribution < -0.4 is 10.6 Å². The molecule has 1 aromatic rings. The number of carbonyl (C=O) groups excluding carboxylic acids is 1. The van der Waals surface area contributed by atoms with E-state index in [0.29, 0.717) is 19.6 Å². The molecule has 1 aromatic carbocycles. The molecule has 0 atom stereocenters. The Hall–Kier alpha value is -1.15. The van der Waals surface area contributed by atoms with Crippen LogP contribution in [0, 0.1) is 5.41 Å². The Labute approximate surface area is 162 Å². The summed E-state index contributed by atoms with van der Waals surface area (Å²) in [5.41, 5.74) is 0.295. The van der Waals surface area contributed by atoms with Gasteiger partial charge in [0, 0.05) is 13.7 Å². The van der Waals surface area contributed by atoms with E-state index in [2.05, 4.69) is 10.6 Å². The first-order valence-electron chi connectivity index (χ1n) is 8.70. The van der Waals surface area contributed by atoms with Crippen LogP contribution >= 0.6 is 12.4 Å². The molecule has 0 spiro atoms. The molecular formula is C18H29ClN2O4S. The minimum absolute atomic E-state index is 0. The number of amides is 1. The van der Waals surface area contributed by atoms with Crippen LogP contribution in [-0.4, -0.2) is 53.4 Å². The maximum atomic E-state index is 12.6. The van der Waals surface area contributed by atoms with Crippen molar-refractivity contribution in [1.29, 1.82) is 0 Å². The smallest absolute Gasteiger partial charge is 0.228 e. The lowest BCUT2D eigenvalue weighted by atomic mass is 9.78. The Morgan fingerprint density at radius 3 is 2.50 bits per heavy atom. The first kappa shape index (κ1) is 22.9. The van der Waals surface area contributed by atoms with Gasteiger partial charge in [0.25, 0.3) is 0 Å². The van der Waals surface area contributed by atoms with Crippen LogP contribution in [0.2, 0.25) is 0 Å². The van der Waals surface area contributed by atoms with Crippen molar-refractivity contribution in [2.24, 2.45) is 5.41 Å². The zero-order valence-corrected chi connectivity index (χ0v) is 16.8. The van der Waals surface area contributed by atoms with Gasteiger partial charge in [-0.25, -0.2) is 8.42 Å². The molecule has 1 heterocycles. The monoisotopic (exact) mass is 404 g/mol. The third-order valence-electron chi connectivity index (χ3n) is 4.61. The van der Waals surface area contributed by atoms with E-state index < -0.39 is 15.3 Å². The van der Waals surface area contributed by atoms with Gasteiger partial charge >= 0.3 is 0 Å². The Balaban J connectivity index is 0.00000338. The maximum Gasteiger partial charge on any atom is 0.228 e. The van der Waals surface area contributed by atoms with Gasteiger partial charge in [0.1, 0.15) is 0 Å². The van der Waals surface area contributed by atoms with Gasteiger partial charge in [-0.1, -0.05) is 30.3 Å². The topological polar surface area (TPSA) is 84.5 Å². The Kier molecular flexibility index (Phi) is 9.57. The molecule has 0 unspecified atom stereocenters. The second-order valence-corrected chi connectivity index (χ2v) is 8.83. The molecule has 1 amide bonds. The SMILES string of the molecule is COCC1(C(=O)NCCCS(=O)(=O)Cc2ccccc2)CCNCC1.Cl. The first-order chi connectivity index (χ1) is 12.0. The number of hydrogen-bond donors (Lipinski definition) is 2. The molecule has 1 aliphatic heterocycles. The summed E-state index contributed by atoms with van der Waals surface area (Å²) in [4.78, 5) is 12.6. The summed E-state index contributed by atoms with van der Waals surface area (Å²) >= 11 is 0. The van der Waals surface area contributed by atoms with E-state index in [1.807, 2.05) is 30.3 Å². The number of carbonyl (C=O) groups is 1. The van der Waals surface area contributed by atoms with Gasteiger partial charge in [-0.2, -0.15) is 0 Å². The molecule has 2 rings (SSSR count). The van der Waals surface area contributed by atoms with Crippen LogP contribution in [0.4, 0.5) is 0 Å². The van der Waals surface area contributed by atoms with Gasteiger partial charge in [-0.15, -0.1) is 12.4 Å². The molecule has 1 aliphatic rings. The Morgan fingerprint density at radius 2 is 1.88 bits per heavy atom. The summed E-state index contributed by atoms with van der Waals surface area (Å²) in [6.45, 7) is 2.35. The van der Waals surface area contributed by atoms with Gasteiger partial charge < -0.3 is 15.4 Å². The van der Waals surface area contributed by atoms with Crippen LogP contribution in [0.15, 0.2) is 30.3 Å². The van der Waals surface area contributed by atoms with Gasteiger partial charge in [-0.3, -0.25) is 4.79 Å². The highest BCUT2D eigenvalue weighted by Crippen LogP contribution is 2.29. The minimum Gasteiger partial charge on any atom is -0.384 e. The number of sulfone groups is 1. The maximum absolute atomic E-state index is 12.6. The minimum atomic E-state index is -3.17. The molecule has 148 valence electrons. The van der Waals surface area contributed by atoms with Crippen molar-refractivity contribution in [3.8, 4) is 0 Å². The predicted molar refractivity (Wildman–Crippen MR) is 105 cm³/mol. The van der Waals surface area contributed by atoms with Crippen LogP contribution in [0.25, 0.3) is 0 Å². The zero-order chi connectivity index (χ0) is 18.2. The molecule has 26 heavy (non-hydrogen) atoms. The number of benzene rings is 1. The number of piperidine rings is 1. The second kappa shape index (κ2) is 10.9. The number of nitrogens with one attached hydrogen (secondary N) is 2. The lowest BCUT2D eigenvalue weighted by Crippen LogP contribution is -2.50. The van der Waals surface area contributed by atoms with E-state index >= 15 is 0 Å². The Morgan fingerprint density at radius 1 is 1.23 bits per heavy atom. The van der Waals surface area contributed by atoms with E-state index in [1.165, 1.54) is 0 Å². The molecule has 1 fully saturated rings. The van der Waals surface area contributed by atoms with Crippen molar-refractivity contribution < 1.29 is 17.9 Å². The van der Waals surface area contributed by atoms with Gasteiger partial charge in [0.15, 0.2) is 9.84 Å². The number of ether oxygens (including phenoxy) is 1. The van der Waals surface area contributed by atoms with Crippen molar-refractivity contribution in [3.05, 3.63) is 35.9 Å². The van der Waals surface area contributed by atoms with Crippen LogP contribution in [0.5, 0.6) is 0 Å². The van der Waals surface area contributed by atoms with E-state index in [1.54, 1.807) is 7.11 Å². The summed E-state index contributed by atoms with van der Waals surface area (Å²) in [5.74, 6) is 0.0820. The predicted octanol–water partition coefficient (Wildman–Crippen LogP) is 1.55. The Bertz CT molecular complexity index is 641. The molecule has 1 saturated heterocycles. The van der Waals surface area contributed by atoms with E-state index in [9.17, 15) is 13.2 Å². The lowest BCUT2D eigenvalue weighted by Gasteiger charge is -2.35. The number of hydrogen-bond acceptors (Lipinski definition) is 5. The average molecular weight is 405 g/mol. The number of halogens is 1. The summed E-state index contributed by atoms with van der Waals surface area (Å²) in [5, 5.41) is 6.15. The van der Waals surface area contributed by atoms with Crippen molar-refractivity contribution in [2.45, 2.75) is 25.0 Å². The molecule has 0 saturated carbocycles. The second-order valence-electron chi connectivity index (χ2n) is 6.65. The summed E-state index contributed by atoms with van der Waals surface area (Å²) in [6, 6.07) is 9.15. The van der Waals surface area contributed by atoms with E-state index in [4.69, 9.17) is 4.74 Å². The van der Waals surface area contributed by atoms with E-state index in [-0.39, 0.29) is 29.8 Å². The first-order valence-corrected chi connectivity index (χ1v) is 10.5.